The molecule has 0 aliphatic carbocycles. The van der Waals surface area contributed by atoms with Gasteiger partial charge < -0.3 is 10.2 Å². The number of halogens is 1. The maximum atomic E-state index is 12.3. The molecule has 2 aromatic rings. The van der Waals surface area contributed by atoms with Gasteiger partial charge in [-0.25, -0.2) is 4.98 Å². The van der Waals surface area contributed by atoms with E-state index in [1.54, 1.807) is 30.5 Å². The predicted molar refractivity (Wildman–Crippen MR) is 105 cm³/mol. The molecule has 1 aliphatic heterocycles. The number of nitrogens with zero attached hydrogens (tertiary/aromatic N) is 2. The number of carbonyl (C=O) groups excluding carboxylic acids is 2. The van der Waals surface area contributed by atoms with Crippen molar-refractivity contribution < 1.29 is 9.59 Å². The number of carbonyl (C=O) groups is 2. The van der Waals surface area contributed by atoms with Gasteiger partial charge in [-0.3, -0.25) is 9.59 Å². The molecule has 0 saturated carbocycles. The van der Waals surface area contributed by atoms with Gasteiger partial charge in [-0.1, -0.05) is 29.4 Å². The van der Waals surface area contributed by atoms with E-state index < -0.39 is 0 Å². The third kappa shape index (κ3) is 4.56. The molecule has 2 amide bonds. The Morgan fingerprint density at radius 3 is 2.69 bits per heavy atom. The van der Waals surface area contributed by atoms with E-state index in [1.165, 1.54) is 11.8 Å². The van der Waals surface area contributed by atoms with Crippen LogP contribution in [0.25, 0.3) is 0 Å². The number of hydrogen-bond donors (Lipinski definition) is 1. The maximum Gasteiger partial charge on any atom is 0.255 e. The van der Waals surface area contributed by atoms with Crippen LogP contribution in [0.1, 0.15) is 28.8 Å². The first-order chi connectivity index (χ1) is 12.5. The van der Waals surface area contributed by atoms with E-state index in [0.717, 1.165) is 31.5 Å². The molecule has 1 aromatic heterocycles. The summed E-state index contributed by atoms with van der Waals surface area (Å²) >= 11 is 7.39. The Balaban J connectivity index is 1.53. The van der Waals surface area contributed by atoms with Crippen LogP contribution in [-0.2, 0) is 4.79 Å². The average Bonchev–Trinajstić information content (AvgIpc) is 3.18. The van der Waals surface area contributed by atoms with Crippen molar-refractivity contribution >= 4 is 40.9 Å². The molecule has 2 heterocycles. The number of anilines is 1. The summed E-state index contributed by atoms with van der Waals surface area (Å²) in [5.41, 5.74) is 2.15. The van der Waals surface area contributed by atoms with Gasteiger partial charge in [0.05, 0.1) is 16.3 Å². The second-order valence-electron chi connectivity index (χ2n) is 6.13. The Morgan fingerprint density at radius 1 is 1.23 bits per heavy atom. The lowest BCUT2D eigenvalue weighted by atomic mass is 10.2. The van der Waals surface area contributed by atoms with E-state index in [4.69, 9.17) is 11.6 Å². The normalized spacial score (nSPS) is 13.7. The molecule has 1 aliphatic rings. The lowest BCUT2D eigenvalue weighted by Crippen LogP contribution is -2.27. The quantitative estimate of drug-likeness (QED) is 0.785. The largest absolute Gasteiger partial charge is 0.339 e. The van der Waals surface area contributed by atoms with E-state index in [-0.39, 0.29) is 17.6 Å². The Bertz CT molecular complexity index is 805. The Labute approximate surface area is 162 Å². The molecule has 0 bridgehead atoms. The van der Waals surface area contributed by atoms with Crippen molar-refractivity contribution in [3.63, 3.8) is 0 Å². The molecule has 5 nitrogen and oxygen atoms in total. The van der Waals surface area contributed by atoms with Gasteiger partial charge in [-0.2, -0.15) is 0 Å². The molecule has 3 rings (SSSR count). The van der Waals surface area contributed by atoms with Crippen LogP contribution in [0.4, 0.5) is 5.69 Å². The standard InChI is InChI=1S/C19H20ClN3O2S/c1-13-15(20)5-4-6-16(13)22-17(24)12-26-18-8-7-14(11-21-18)19(25)23-9-2-3-10-23/h4-8,11H,2-3,9-10,12H2,1H3,(H,22,24). The van der Waals surface area contributed by atoms with Crippen LogP contribution in [0.15, 0.2) is 41.6 Å². The Morgan fingerprint density at radius 2 is 2.00 bits per heavy atom. The van der Waals surface area contributed by atoms with Crippen LogP contribution in [0.3, 0.4) is 0 Å². The van der Waals surface area contributed by atoms with E-state index in [9.17, 15) is 9.59 Å². The summed E-state index contributed by atoms with van der Waals surface area (Å²) in [4.78, 5) is 30.6. The van der Waals surface area contributed by atoms with Crippen LogP contribution in [0.5, 0.6) is 0 Å². The molecule has 1 aromatic carbocycles. The van der Waals surface area contributed by atoms with Gasteiger partial charge in [0.15, 0.2) is 0 Å². The number of pyridine rings is 1. The highest BCUT2D eigenvalue weighted by Gasteiger charge is 2.19. The van der Waals surface area contributed by atoms with Crippen LogP contribution in [-0.4, -0.2) is 40.5 Å². The highest BCUT2D eigenvalue weighted by molar-refractivity contribution is 7.99. The average molecular weight is 390 g/mol. The monoisotopic (exact) mass is 389 g/mol. The molecule has 1 fully saturated rings. The summed E-state index contributed by atoms with van der Waals surface area (Å²) in [6, 6.07) is 8.97. The van der Waals surface area contributed by atoms with Gasteiger partial charge in [-0.15, -0.1) is 0 Å². The third-order valence-corrected chi connectivity index (χ3v) is 5.62. The lowest BCUT2D eigenvalue weighted by molar-refractivity contribution is -0.113. The zero-order valence-electron chi connectivity index (χ0n) is 14.5. The number of likely N-dealkylation sites (tertiary alicyclic amines) is 1. The van der Waals surface area contributed by atoms with Crippen molar-refractivity contribution in [1.29, 1.82) is 0 Å². The van der Waals surface area contributed by atoms with Crippen molar-refractivity contribution in [2.45, 2.75) is 24.8 Å². The van der Waals surface area contributed by atoms with Crippen LogP contribution in [0, 0.1) is 6.92 Å². The van der Waals surface area contributed by atoms with Crippen LogP contribution in [0.2, 0.25) is 5.02 Å². The fourth-order valence-electron chi connectivity index (χ4n) is 2.76. The molecule has 0 spiro atoms. The fourth-order valence-corrected chi connectivity index (χ4v) is 3.58. The molecule has 26 heavy (non-hydrogen) atoms. The zero-order chi connectivity index (χ0) is 18.5. The molecule has 0 unspecified atom stereocenters. The van der Waals surface area contributed by atoms with Crippen molar-refractivity contribution in [3.05, 3.63) is 52.7 Å². The number of nitrogens with one attached hydrogen (secondary N) is 1. The molecular weight excluding hydrogens is 370 g/mol. The van der Waals surface area contributed by atoms with Gasteiger partial charge in [0.1, 0.15) is 0 Å². The number of hydrogen-bond acceptors (Lipinski definition) is 4. The maximum absolute atomic E-state index is 12.3. The molecule has 1 saturated heterocycles. The molecular formula is C19H20ClN3O2S. The Hall–Kier alpha value is -2.05. The molecule has 0 atom stereocenters. The van der Waals surface area contributed by atoms with Gasteiger partial charge >= 0.3 is 0 Å². The highest BCUT2D eigenvalue weighted by Crippen LogP contribution is 2.23. The van der Waals surface area contributed by atoms with E-state index >= 15 is 0 Å². The first-order valence-corrected chi connectivity index (χ1v) is 9.84. The first-order valence-electron chi connectivity index (χ1n) is 8.47. The minimum atomic E-state index is -0.126. The number of benzene rings is 1. The topological polar surface area (TPSA) is 62.3 Å². The summed E-state index contributed by atoms with van der Waals surface area (Å²) in [5, 5.41) is 4.19. The van der Waals surface area contributed by atoms with E-state index in [1.807, 2.05) is 17.9 Å². The smallest absolute Gasteiger partial charge is 0.255 e. The second-order valence-corrected chi connectivity index (χ2v) is 7.54. The zero-order valence-corrected chi connectivity index (χ0v) is 16.1. The van der Waals surface area contributed by atoms with Crippen molar-refractivity contribution in [2.75, 3.05) is 24.2 Å². The van der Waals surface area contributed by atoms with Crippen LogP contribution >= 0.6 is 23.4 Å². The van der Waals surface area contributed by atoms with Crippen molar-refractivity contribution in [1.82, 2.24) is 9.88 Å². The summed E-state index contributed by atoms with van der Waals surface area (Å²) < 4.78 is 0. The number of amides is 2. The molecule has 7 heteroatoms. The minimum absolute atomic E-state index is 0.0284. The first kappa shape index (κ1) is 18.7. The van der Waals surface area contributed by atoms with E-state index in [0.29, 0.717) is 21.3 Å². The number of thioether (sulfide) groups is 1. The van der Waals surface area contributed by atoms with Crippen molar-refractivity contribution in [3.8, 4) is 0 Å². The number of aromatic nitrogens is 1. The molecule has 1 N–H and O–H groups in total. The SMILES string of the molecule is Cc1c(Cl)cccc1NC(=O)CSc1ccc(C(=O)N2CCCC2)cn1. The van der Waals surface area contributed by atoms with Crippen molar-refractivity contribution in [2.24, 2.45) is 0 Å². The molecule has 136 valence electrons. The van der Waals surface area contributed by atoms with Crippen LogP contribution < -0.4 is 5.32 Å². The minimum Gasteiger partial charge on any atom is -0.339 e. The predicted octanol–water partition coefficient (Wildman–Crippen LogP) is 4.01. The third-order valence-electron chi connectivity index (χ3n) is 4.27. The fraction of sp³-hybridized carbons (Fsp3) is 0.316. The summed E-state index contributed by atoms with van der Waals surface area (Å²) in [6.45, 7) is 3.50. The van der Waals surface area contributed by atoms with E-state index in [2.05, 4.69) is 10.3 Å². The molecule has 0 radical (unpaired) electrons. The highest BCUT2D eigenvalue weighted by atomic mass is 35.5. The van der Waals surface area contributed by atoms with Gasteiger partial charge in [-0.05, 0) is 49.6 Å². The summed E-state index contributed by atoms with van der Waals surface area (Å²) in [6.07, 6.45) is 3.71. The van der Waals surface area contributed by atoms with Gasteiger partial charge in [0, 0.05) is 30.0 Å². The van der Waals surface area contributed by atoms with Gasteiger partial charge in [0.2, 0.25) is 5.91 Å². The van der Waals surface area contributed by atoms with Gasteiger partial charge in [0.25, 0.3) is 5.91 Å². The summed E-state index contributed by atoms with van der Waals surface area (Å²) in [5.74, 6) is 0.137. The second kappa shape index (κ2) is 8.56. The summed E-state index contributed by atoms with van der Waals surface area (Å²) in [7, 11) is 0. The number of rotatable bonds is 5. The lowest BCUT2D eigenvalue weighted by Gasteiger charge is -2.14. The Kier molecular flexibility index (Phi) is 6.16.